The molecular formula is C20H16FN7O. The summed E-state index contributed by atoms with van der Waals surface area (Å²) in [6, 6.07) is 9.59. The van der Waals surface area contributed by atoms with Gasteiger partial charge in [0.25, 0.3) is 5.91 Å². The average Bonchev–Trinajstić information content (AvgIpc) is 3.47. The number of amides is 1. The van der Waals surface area contributed by atoms with Crippen LogP contribution in [0.5, 0.6) is 0 Å². The molecule has 1 aliphatic rings. The van der Waals surface area contributed by atoms with E-state index in [1.165, 1.54) is 23.1 Å². The number of nitrogens with zero attached hydrogens (tertiary/aromatic N) is 6. The van der Waals surface area contributed by atoms with E-state index in [1.807, 2.05) is 0 Å². The second-order valence-corrected chi connectivity index (χ2v) is 6.71. The highest BCUT2D eigenvalue weighted by Gasteiger charge is 2.27. The monoisotopic (exact) mass is 389 g/mol. The number of anilines is 1. The minimum Gasteiger partial charge on any atom is -0.319 e. The van der Waals surface area contributed by atoms with Crippen LogP contribution in [0.3, 0.4) is 0 Å². The Kier molecular flexibility index (Phi) is 4.12. The van der Waals surface area contributed by atoms with Crippen molar-refractivity contribution in [1.29, 1.82) is 0 Å². The zero-order valence-electron chi connectivity index (χ0n) is 15.3. The van der Waals surface area contributed by atoms with Crippen LogP contribution < -0.4 is 5.32 Å². The summed E-state index contributed by atoms with van der Waals surface area (Å²) < 4.78 is 16.5. The van der Waals surface area contributed by atoms with Gasteiger partial charge in [-0.1, -0.05) is 0 Å². The smallest absolute Gasteiger partial charge is 0.276 e. The van der Waals surface area contributed by atoms with Crippen molar-refractivity contribution >= 4 is 11.6 Å². The highest BCUT2D eigenvalue weighted by atomic mass is 19.1. The van der Waals surface area contributed by atoms with Crippen LogP contribution in [-0.4, -0.2) is 35.4 Å². The Morgan fingerprint density at radius 2 is 1.97 bits per heavy atom. The van der Waals surface area contributed by atoms with E-state index in [-0.39, 0.29) is 11.7 Å². The van der Waals surface area contributed by atoms with Gasteiger partial charge in [0.05, 0.1) is 17.6 Å². The fraction of sp³-hybridized carbons (Fsp3) is 0.150. The Bertz CT molecular complexity index is 1170. The molecule has 29 heavy (non-hydrogen) atoms. The highest BCUT2D eigenvalue weighted by molar-refractivity contribution is 6.04. The van der Waals surface area contributed by atoms with E-state index in [4.69, 9.17) is 0 Å². The molecule has 4 aromatic rings. The van der Waals surface area contributed by atoms with E-state index in [1.54, 1.807) is 41.5 Å². The summed E-state index contributed by atoms with van der Waals surface area (Å²) in [5.74, 6) is -0.00125. The lowest BCUT2D eigenvalue weighted by atomic mass is 10.2. The molecule has 3 heterocycles. The number of fused-ring (bicyclic) bond motifs is 1. The van der Waals surface area contributed by atoms with Gasteiger partial charge in [-0.3, -0.25) is 4.79 Å². The summed E-state index contributed by atoms with van der Waals surface area (Å²) in [7, 11) is 0. The normalized spacial score (nSPS) is 12.7. The molecule has 0 atom stereocenters. The lowest BCUT2D eigenvalue weighted by Crippen LogP contribution is -2.15. The summed E-state index contributed by atoms with van der Waals surface area (Å²) in [4.78, 5) is 21.1. The second kappa shape index (κ2) is 6.93. The molecule has 1 aliphatic carbocycles. The van der Waals surface area contributed by atoms with Gasteiger partial charge in [0.2, 0.25) is 0 Å². The molecule has 8 nitrogen and oxygen atoms in total. The molecule has 1 N–H and O–H groups in total. The van der Waals surface area contributed by atoms with Crippen LogP contribution in [0.1, 0.15) is 28.2 Å². The van der Waals surface area contributed by atoms with Crippen LogP contribution in [0.15, 0.2) is 55.2 Å². The summed E-state index contributed by atoms with van der Waals surface area (Å²) in [6.07, 6.45) is 7.13. The number of halogens is 1. The summed E-state index contributed by atoms with van der Waals surface area (Å²) >= 11 is 0. The first kappa shape index (κ1) is 17.2. The van der Waals surface area contributed by atoms with Gasteiger partial charge >= 0.3 is 0 Å². The number of aromatic nitrogens is 6. The van der Waals surface area contributed by atoms with Crippen LogP contribution >= 0.6 is 0 Å². The molecule has 0 radical (unpaired) electrons. The Morgan fingerprint density at radius 3 is 2.69 bits per heavy atom. The summed E-state index contributed by atoms with van der Waals surface area (Å²) in [5.41, 5.74) is 3.63. The highest BCUT2D eigenvalue weighted by Crippen LogP contribution is 2.28. The fourth-order valence-corrected chi connectivity index (χ4v) is 3.53. The van der Waals surface area contributed by atoms with Crippen LogP contribution in [0.25, 0.3) is 11.5 Å². The summed E-state index contributed by atoms with van der Waals surface area (Å²) in [6.45, 7) is 0. The maximum atomic E-state index is 13.3. The maximum absolute atomic E-state index is 13.3. The number of carbonyl (C=O) groups excluding carboxylic acids is 1. The topological polar surface area (TPSA) is 90.5 Å². The van der Waals surface area contributed by atoms with Crippen LogP contribution in [0, 0.1) is 5.82 Å². The molecule has 1 aromatic carbocycles. The maximum Gasteiger partial charge on any atom is 0.276 e. The van der Waals surface area contributed by atoms with Gasteiger partial charge in [-0.05, 0) is 55.7 Å². The second-order valence-electron chi connectivity index (χ2n) is 6.71. The fourth-order valence-electron chi connectivity index (χ4n) is 3.53. The molecule has 0 saturated heterocycles. The molecule has 0 bridgehead atoms. The lowest BCUT2D eigenvalue weighted by Gasteiger charge is -2.06. The number of pyridine rings is 1. The molecule has 144 valence electrons. The van der Waals surface area contributed by atoms with Gasteiger partial charge < -0.3 is 5.32 Å². The number of nitrogens with one attached hydrogen (secondary N) is 1. The Morgan fingerprint density at radius 1 is 1.10 bits per heavy atom. The molecule has 0 fully saturated rings. The quantitative estimate of drug-likeness (QED) is 0.580. The van der Waals surface area contributed by atoms with Crippen molar-refractivity contribution in [3.8, 4) is 11.5 Å². The number of hydrogen-bond donors (Lipinski definition) is 1. The molecule has 1 amide bonds. The van der Waals surface area contributed by atoms with Gasteiger partial charge in [0.1, 0.15) is 18.5 Å². The Hall–Kier alpha value is -3.88. The predicted octanol–water partition coefficient (Wildman–Crippen LogP) is 2.73. The van der Waals surface area contributed by atoms with Gasteiger partial charge in [-0.2, -0.15) is 10.2 Å². The molecule has 9 heteroatoms. The van der Waals surface area contributed by atoms with Gasteiger partial charge in [0, 0.05) is 11.3 Å². The zero-order chi connectivity index (χ0) is 19.8. The number of carbonyl (C=O) groups is 1. The molecule has 0 spiro atoms. The Balaban J connectivity index is 1.41. The SMILES string of the molecule is O=C(Nc1ccc(-n2cncn2)nc1)c1nn(-c2ccc(F)cc2)c2c1CCC2. The first-order chi connectivity index (χ1) is 14.2. The predicted molar refractivity (Wildman–Crippen MR) is 103 cm³/mol. The average molecular weight is 389 g/mol. The molecule has 3 aromatic heterocycles. The molecule has 0 saturated carbocycles. The number of benzene rings is 1. The molecular weight excluding hydrogens is 373 g/mol. The van der Waals surface area contributed by atoms with Crippen molar-refractivity contribution in [3.63, 3.8) is 0 Å². The van der Waals surface area contributed by atoms with Crippen molar-refractivity contribution in [2.45, 2.75) is 19.3 Å². The third kappa shape index (κ3) is 3.16. The third-order valence-corrected chi connectivity index (χ3v) is 4.88. The minimum atomic E-state index is -0.308. The first-order valence-electron chi connectivity index (χ1n) is 9.18. The van der Waals surface area contributed by atoms with Crippen LogP contribution in [0.4, 0.5) is 10.1 Å². The zero-order valence-corrected chi connectivity index (χ0v) is 15.3. The molecule has 0 aliphatic heterocycles. The van der Waals surface area contributed by atoms with E-state index in [0.717, 1.165) is 36.2 Å². The lowest BCUT2D eigenvalue weighted by molar-refractivity contribution is 0.102. The first-order valence-corrected chi connectivity index (χ1v) is 9.18. The van der Waals surface area contributed by atoms with Crippen molar-refractivity contribution in [3.05, 3.63) is 78.0 Å². The van der Waals surface area contributed by atoms with E-state index in [0.29, 0.717) is 17.2 Å². The van der Waals surface area contributed by atoms with E-state index in [2.05, 4.69) is 25.5 Å². The largest absolute Gasteiger partial charge is 0.319 e. The minimum absolute atomic E-state index is 0.292. The molecule has 5 rings (SSSR count). The van der Waals surface area contributed by atoms with E-state index < -0.39 is 0 Å². The Labute approximate surface area is 165 Å². The molecule has 0 unspecified atom stereocenters. The van der Waals surface area contributed by atoms with Gasteiger partial charge in [0.15, 0.2) is 11.5 Å². The van der Waals surface area contributed by atoms with Crippen molar-refractivity contribution in [1.82, 2.24) is 29.5 Å². The number of hydrogen-bond acceptors (Lipinski definition) is 5. The summed E-state index contributed by atoms with van der Waals surface area (Å²) in [5, 5.41) is 11.4. The van der Waals surface area contributed by atoms with Crippen molar-refractivity contribution < 1.29 is 9.18 Å². The van der Waals surface area contributed by atoms with E-state index in [9.17, 15) is 9.18 Å². The van der Waals surface area contributed by atoms with Crippen LogP contribution in [0.2, 0.25) is 0 Å². The van der Waals surface area contributed by atoms with Gasteiger partial charge in [-0.25, -0.2) is 23.7 Å². The number of rotatable bonds is 4. The third-order valence-electron chi connectivity index (χ3n) is 4.88. The van der Waals surface area contributed by atoms with Crippen molar-refractivity contribution in [2.75, 3.05) is 5.32 Å². The van der Waals surface area contributed by atoms with E-state index >= 15 is 0 Å². The van der Waals surface area contributed by atoms with Crippen molar-refractivity contribution in [2.24, 2.45) is 0 Å². The van der Waals surface area contributed by atoms with Crippen LogP contribution in [-0.2, 0) is 12.8 Å². The standard InChI is InChI=1S/C20H16FN7O/c21-13-4-7-15(8-5-13)28-17-3-1-2-16(17)19(26-28)20(29)25-14-6-9-18(23-10-14)27-12-22-11-24-27/h4-12H,1-3H2,(H,25,29). The van der Waals surface area contributed by atoms with Gasteiger partial charge in [-0.15, -0.1) is 0 Å².